The molecule has 1 atom stereocenters. The van der Waals surface area contributed by atoms with Crippen LogP contribution >= 0.6 is 0 Å². The second-order valence-corrected chi connectivity index (χ2v) is 8.97. The van der Waals surface area contributed by atoms with Gasteiger partial charge >= 0.3 is 0 Å². The number of piperidine rings is 1. The lowest BCUT2D eigenvalue weighted by Gasteiger charge is -2.36. The highest BCUT2D eigenvalue weighted by Gasteiger charge is 2.26. The maximum Gasteiger partial charge on any atom is 0.231 e. The van der Waals surface area contributed by atoms with Crippen molar-refractivity contribution in [1.29, 1.82) is 0 Å². The molecule has 1 saturated heterocycles. The van der Waals surface area contributed by atoms with Gasteiger partial charge < -0.3 is 10.2 Å². The summed E-state index contributed by atoms with van der Waals surface area (Å²) in [6, 6.07) is 17.7. The molecule has 3 N–H and O–H groups in total. The second-order valence-electron chi connectivity index (χ2n) is 7.36. The molecular formula is C21H24N6O2S. The molecule has 0 aliphatic carbocycles. The van der Waals surface area contributed by atoms with Crippen molar-refractivity contribution < 1.29 is 8.42 Å². The van der Waals surface area contributed by atoms with Crippen molar-refractivity contribution >= 4 is 27.6 Å². The van der Waals surface area contributed by atoms with Gasteiger partial charge in [0.05, 0.1) is 11.8 Å². The summed E-state index contributed by atoms with van der Waals surface area (Å²) in [7, 11) is -3.60. The summed E-state index contributed by atoms with van der Waals surface area (Å²) >= 11 is 0. The van der Waals surface area contributed by atoms with Crippen LogP contribution in [0, 0.1) is 0 Å². The molecule has 30 heavy (non-hydrogen) atoms. The lowest BCUT2D eigenvalue weighted by Crippen LogP contribution is -2.34. The first-order chi connectivity index (χ1) is 14.5. The van der Waals surface area contributed by atoms with Crippen LogP contribution in [0.3, 0.4) is 0 Å². The molecule has 2 aromatic carbocycles. The van der Waals surface area contributed by atoms with Gasteiger partial charge in [0.1, 0.15) is 6.33 Å². The highest BCUT2D eigenvalue weighted by atomic mass is 32.2. The van der Waals surface area contributed by atoms with Gasteiger partial charge in [-0.3, -0.25) is 0 Å². The quantitative estimate of drug-likeness (QED) is 0.625. The summed E-state index contributed by atoms with van der Waals surface area (Å²) in [6.45, 7) is 0.882. The van der Waals surface area contributed by atoms with Crippen molar-refractivity contribution in [1.82, 2.24) is 15.0 Å². The Morgan fingerprint density at radius 2 is 1.90 bits per heavy atom. The van der Waals surface area contributed by atoms with E-state index in [1.807, 2.05) is 12.1 Å². The third-order valence-corrected chi connectivity index (χ3v) is 5.79. The summed E-state index contributed by atoms with van der Waals surface area (Å²) in [5, 5.41) is 8.29. The van der Waals surface area contributed by atoms with E-state index in [-0.39, 0.29) is 11.8 Å². The average molecular weight is 425 g/mol. The Hall–Kier alpha value is -3.04. The molecule has 0 spiro atoms. The molecule has 0 radical (unpaired) electrons. The Bertz CT molecular complexity index is 1110. The van der Waals surface area contributed by atoms with E-state index in [0.717, 1.165) is 19.4 Å². The van der Waals surface area contributed by atoms with E-state index < -0.39 is 10.0 Å². The van der Waals surface area contributed by atoms with E-state index in [1.165, 1.54) is 18.3 Å². The van der Waals surface area contributed by atoms with Gasteiger partial charge in [-0.2, -0.15) is 4.98 Å². The molecule has 8 nitrogen and oxygen atoms in total. The zero-order chi connectivity index (χ0) is 21.0. The number of sulfonamides is 1. The van der Waals surface area contributed by atoms with E-state index in [4.69, 9.17) is 5.14 Å². The smallest absolute Gasteiger partial charge is 0.231 e. The van der Waals surface area contributed by atoms with E-state index in [9.17, 15) is 8.42 Å². The van der Waals surface area contributed by atoms with Crippen LogP contribution in [0.25, 0.3) is 0 Å². The fraction of sp³-hybridized carbons (Fsp3) is 0.286. The van der Waals surface area contributed by atoms with Gasteiger partial charge in [-0.15, -0.1) is 0 Å². The Kier molecular flexibility index (Phi) is 5.91. The molecule has 1 aliphatic heterocycles. The summed E-state index contributed by atoms with van der Waals surface area (Å²) in [5.41, 5.74) is 2.53. The highest BCUT2D eigenvalue weighted by Crippen LogP contribution is 2.33. The maximum absolute atomic E-state index is 11.4. The molecule has 1 aromatic heterocycles. The van der Waals surface area contributed by atoms with E-state index >= 15 is 0 Å². The number of hydrogen-bond acceptors (Lipinski definition) is 7. The molecule has 2 heterocycles. The number of rotatable bonds is 6. The number of nitrogens with two attached hydrogens (primary N) is 1. The highest BCUT2D eigenvalue weighted by molar-refractivity contribution is 7.88. The van der Waals surface area contributed by atoms with Gasteiger partial charge in [0, 0.05) is 12.2 Å². The van der Waals surface area contributed by atoms with E-state index in [1.54, 1.807) is 18.2 Å². The zero-order valence-corrected chi connectivity index (χ0v) is 17.3. The topological polar surface area (TPSA) is 114 Å². The first kappa shape index (κ1) is 20.2. The molecule has 0 bridgehead atoms. The number of nitrogens with one attached hydrogen (secondary N) is 1. The summed E-state index contributed by atoms with van der Waals surface area (Å²) in [5.74, 6) is 0.809. The molecule has 1 unspecified atom stereocenters. The van der Waals surface area contributed by atoms with Crippen molar-refractivity contribution in [3.63, 3.8) is 0 Å². The number of anilines is 3. The number of benzene rings is 2. The van der Waals surface area contributed by atoms with Crippen LogP contribution in [-0.2, 0) is 15.8 Å². The number of hydrogen-bond donors (Lipinski definition) is 2. The third-order valence-electron chi connectivity index (χ3n) is 5.05. The van der Waals surface area contributed by atoms with E-state index in [2.05, 4.69) is 49.4 Å². The Morgan fingerprint density at radius 3 is 2.70 bits per heavy atom. The summed E-state index contributed by atoms with van der Waals surface area (Å²) in [6.07, 6.45) is 4.81. The molecule has 156 valence electrons. The third kappa shape index (κ3) is 5.11. The van der Waals surface area contributed by atoms with Gasteiger partial charge in [-0.25, -0.2) is 23.5 Å². The Labute approximate surface area is 176 Å². The van der Waals surface area contributed by atoms with Crippen molar-refractivity contribution in [2.24, 2.45) is 5.14 Å². The largest absolute Gasteiger partial charge is 0.334 e. The van der Waals surface area contributed by atoms with Crippen LogP contribution in [0.2, 0.25) is 0 Å². The molecule has 0 amide bonds. The van der Waals surface area contributed by atoms with Crippen LogP contribution < -0.4 is 15.4 Å². The zero-order valence-electron chi connectivity index (χ0n) is 16.5. The van der Waals surface area contributed by atoms with E-state index in [0.29, 0.717) is 23.1 Å². The second kappa shape index (κ2) is 8.76. The fourth-order valence-electron chi connectivity index (χ4n) is 3.78. The molecule has 1 fully saturated rings. The van der Waals surface area contributed by atoms with Gasteiger partial charge in [0.25, 0.3) is 0 Å². The summed E-state index contributed by atoms with van der Waals surface area (Å²) in [4.78, 5) is 15.5. The number of nitrogens with zero attached hydrogens (tertiary/aromatic N) is 4. The summed E-state index contributed by atoms with van der Waals surface area (Å²) < 4.78 is 22.7. The monoisotopic (exact) mass is 424 g/mol. The first-order valence-corrected chi connectivity index (χ1v) is 11.6. The van der Waals surface area contributed by atoms with Gasteiger partial charge in [-0.1, -0.05) is 42.5 Å². The lowest BCUT2D eigenvalue weighted by molar-refractivity contribution is 0.465. The molecule has 4 rings (SSSR count). The Balaban J connectivity index is 1.56. The maximum atomic E-state index is 11.4. The Morgan fingerprint density at radius 1 is 1.07 bits per heavy atom. The molecular weight excluding hydrogens is 400 g/mol. The van der Waals surface area contributed by atoms with Crippen molar-refractivity contribution in [2.75, 3.05) is 16.8 Å². The van der Waals surface area contributed by atoms with Crippen LogP contribution in [0.15, 0.2) is 60.9 Å². The SMILES string of the molecule is NS(=O)(=O)Cc1cccc(Nc2ncnc(N3CCCCC3c3ccccc3)n2)c1. The fourth-order valence-corrected chi connectivity index (χ4v) is 4.42. The minimum absolute atomic E-state index is 0.225. The number of primary sulfonamides is 1. The van der Waals surface area contributed by atoms with Crippen molar-refractivity contribution in [3.05, 3.63) is 72.1 Å². The van der Waals surface area contributed by atoms with Crippen LogP contribution in [0.5, 0.6) is 0 Å². The van der Waals surface area contributed by atoms with Crippen LogP contribution in [-0.4, -0.2) is 29.9 Å². The predicted octanol–water partition coefficient (Wildman–Crippen LogP) is 3.14. The van der Waals surface area contributed by atoms with Gasteiger partial charge in [0.2, 0.25) is 21.9 Å². The van der Waals surface area contributed by atoms with Crippen molar-refractivity contribution in [3.8, 4) is 0 Å². The lowest BCUT2D eigenvalue weighted by atomic mass is 9.96. The molecule has 3 aromatic rings. The minimum atomic E-state index is -3.60. The molecule has 1 aliphatic rings. The molecule has 9 heteroatoms. The number of aromatic nitrogens is 3. The first-order valence-electron chi connectivity index (χ1n) is 9.85. The van der Waals surface area contributed by atoms with Gasteiger partial charge in [-0.05, 0) is 42.5 Å². The van der Waals surface area contributed by atoms with Crippen LogP contribution in [0.1, 0.15) is 36.4 Å². The van der Waals surface area contributed by atoms with Gasteiger partial charge in [0.15, 0.2) is 0 Å². The molecule has 0 saturated carbocycles. The predicted molar refractivity (Wildman–Crippen MR) is 117 cm³/mol. The average Bonchev–Trinajstić information content (AvgIpc) is 2.74. The normalized spacial score (nSPS) is 17.0. The standard InChI is InChI=1S/C21H24N6O2S/c22-30(28,29)14-16-7-6-10-18(13-16)25-20-23-15-24-21(26-20)27-12-5-4-11-19(27)17-8-2-1-3-9-17/h1-3,6-10,13,15,19H,4-5,11-12,14H2,(H2,22,28,29)(H,23,24,25,26). The van der Waals surface area contributed by atoms with Crippen molar-refractivity contribution in [2.45, 2.75) is 31.1 Å². The minimum Gasteiger partial charge on any atom is -0.334 e. The van der Waals surface area contributed by atoms with Crippen LogP contribution in [0.4, 0.5) is 17.6 Å².